The average molecular weight is 242 g/mol. The summed E-state index contributed by atoms with van der Waals surface area (Å²) in [6, 6.07) is 0. The van der Waals surface area contributed by atoms with Gasteiger partial charge < -0.3 is 9.84 Å². The molecular formula is C13H22O4. The van der Waals surface area contributed by atoms with Gasteiger partial charge in [-0.25, -0.2) is 0 Å². The van der Waals surface area contributed by atoms with Crippen LogP contribution in [0.1, 0.15) is 51.9 Å². The molecule has 1 atom stereocenters. The second kappa shape index (κ2) is 7.30. The van der Waals surface area contributed by atoms with Crippen LogP contribution in [-0.2, 0) is 14.3 Å². The Kier molecular flexibility index (Phi) is 6.01. The Morgan fingerprint density at radius 2 is 1.94 bits per heavy atom. The van der Waals surface area contributed by atoms with E-state index >= 15 is 0 Å². The summed E-state index contributed by atoms with van der Waals surface area (Å²) in [4.78, 5) is 22.4. The molecule has 0 saturated heterocycles. The molecule has 1 aliphatic rings. The van der Waals surface area contributed by atoms with Crippen LogP contribution >= 0.6 is 0 Å². The molecule has 0 heterocycles. The molecule has 4 nitrogen and oxygen atoms in total. The van der Waals surface area contributed by atoms with E-state index in [-0.39, 0.29) is 12.4 Å². The highest BCUT2D eigenvalue weighted by Crippen LogP contribution is 2.30. The van der Waals surface area contributed by atoms with Gasteiger partial charge in [-0.1, -0.05) is 32.1 Å². The van der Waals surface area contributed by atoms with Crippen LogP contribution in [0, 0.1) is 11.8 Å². The van der Waals surface area contributed by atoms with Crippen molar-refractivity contribution in [3.8, 4) is 0 Å². The average Bonchev–Trinajstić information content (AvgIpc) is 2.29. The molecule has 0 radical (unpaired) electrons. The molecule has 1 rings (SSSR count). The van der Waals surface area contributed by atoms with Gasteiger partial charge in [-0.15, -0.1) is 0 Å². The fourth-order valence-electron chi connectivity index (χ4n) is 2.56. The van der Waals surface area contributed by atoms with E-state index in [0.29, 0.717) is 18.9 Å². The lowest BCUT2D eigenvalue weighted by Crippen LogP contribution is -2.24. The molecule has 1 unspecified atom stereocenters. The Morgan fingerprint density at radius 3 is 2.47 bits per heavy atom. The van der Waals surface area contributed by atoms with Crippen LogP contribution in [0.5, 0.6) is 0 Å². The Bertz CT molecular complexity index is 256. The molecule has 1 N–H and O–H groups in total. The molecule has 0 bridgehead atoms. The first-order chi connectivity index (χ1) is 8.13. The van der Waals surface area contributed by atoms with E-state index in [1.807, 2.05) is 0 Å². The van der Waals surface area contributed by atoms with Crippen LogP contribution in [-0.4, -0.2) is 23.7 Å². The van der Waals surface area contributed by atoms with Crippen LogP contribution < -0.4 is 0 Å². The van der Waals surface area contributed by atoms with Gasteiger partial charge in [0.2, 0.25) is 0 Å². The van der Waals surface area contributed by atoms with Crippen LogP contribution in [0.4, 0.5) is 0 Å². The predicted molar refractivity (Wildman–Crippen MR) is 63.6 cm³/mol. The third-order valence-electron chi connectivity index (χ3n) is 3.38. The molecule has 98 valence electrons. The number of rotatable bonds is 6. The van der Waals surface area contributed by atoms with Crippen molar-refractivity contribution in [3.05, 3.63) is 0 Å². The second-order valence-electron chi connectivity index (χ2n) is 4.79. The number of esters is 1. The van der Waals surface area contributed by atoms with Crippen molar-refractivity contribution in [3.63, 3.8) is 0 Å². The monoisotopic (exact) mass is 242 g/mol. The summed E-state index contributed by atoms with van der Waals surface area (Å²) in [5, 5.41) is 8.82. The Morgan fingerprint density at radius 1 is 1.29 bits per heavy atom. The molecule has 0 amide bonds. The summed E-state index contributed by atoms with van der Waals surface area (Å²) in [5.41, 5.74) is 0. The van der Waals surface area contributed by atoms with E-state index in [1.54, 1.807) is 6.92 Å². The van der Waals surface area contributed by atoms with Crippen molar-refractivity contribution in [1.82, 2.24) is 0 Å². The van der Waals surface area contributed by atoms with Crippen LogP contribution in [0.25, 0.3) is 0 Å². The molecule has 0 aliphatic heterocycles. The number of ether oxygens (including phenoxy) is 1. The van der Waals surface area contributed by atoms with Crippen molar-refractivity contribution < 1.29 is 19.4 Å². The van der Waals surface area contributed by atoms with Gasteiger partial charge in [0.25, 0.3) is 0 Å². The second-order valence-corrected chi connectivity index (χ2v) is 4.79. The summed E-state index contributed by atoms with van der Waals surface area (Å²) >= 11 is 0. The highest BCUT2D eigenvalue weighted by atomic mass is 16.5. The minimum atomic E-state index is -0.918. The maximum absolute atomic E-state index is 11.7. The van der Waals surface area contributed by atoms with Crippen LogP contribution in [0.15, 0.2) is 0 Å². The molecule has 1 saturated carbocycles. The SMILES string of the molecule is CCOC(=O)C(CC(=O)O)CC1CCCCC1. The molecule has 17 heavy (non-hydrogen) atoms. The summed E-state index contributed by atoms with van der Waals surface area (Å²) in [6.07, 6.45) is 6.48. The number of carboxylic acid groups (broad SMARTS) is 1. The third-order valence-corrected chi connectivity index (χ3v) is 3.38. The number of carbonyl (C=O) groups is 2. The summed E-state index contributed by atoms with van der Waals surface area (Å²) in [5.74, 6) is -1.23. The van der Waals surface area contributed by atoms with Gasteiger partial charge in [-0.05, 0) is 19.3 Å². The van der Waals surface area contributed by atoms with E-state index in [2.05, 4.69) is 0 Å². The van der Waals surface area contributed by atoms with E-state index in [4.69, 9.17) is 9.84 Å². The first-order valence-electron chi connectivity index (χ1n) is 6.52. The zero-order valence-electron chi connectivity index (χ0n) is 10.5. The summed E-state index contributed by atoms with van der Waals surface area (Å²) in [7, 11) is 0. The highest BCUT2D eigenvalue weighted by molar-refractivity contribution is 5.79. The van der Waals surface area contributed by atoms with Gasteiger partial charge in [0.1, 0.15) is 0 Å². The lowest BCUT2D eigenvalue weighted by molar-refractivity contribution is -0.153. The molecule has 0 spiro atoms. The highest BCUT2D eigenvalue weighted by Gasteiger charge is 2.27. The van der Waals surface area contributed by atoms with Gasteiger partial charge >= 0.3 is 11.9 Å². The van der Waals surface area contributed by atoms with E-state index < -0.39 is 11.9 Å². The zero-order valence-corrected chi connectivity index (χ0v) is 10.5. The van der Waals surface area contributed by atoms with Gasteiger partial charge in [0.15, 0.2) is 0 Å². The van der Waals surface area contributed by atoms with Crippen molar-refractivity contribution in [2.45, 2.75) is 51.9 Å². The largest absolute Gasteiger partial charge is 0.481 e. The van der Waals surface area contributed by atoms with Crippen molar-refractivity contribution in [1.29, 1.82) is 0 Å². The van der Waals surface area contributed by atoms with Crippen LogP contribution in [0.3, 0.4) is 0 Å². The van der Waals surface area contributed by atoms with E-state index in [0.717, 1.165) is 12.8 Å². The topological polar surface area (TPSA) is 63.6 Å². The molecule has 4 heteroatoms. The fourth-order valence-corrected chi connectivity index (χ4v) is 2.56. The van der Waals surface area contributed by atoms with Crippen molar-refractivity contribution >= 4 is 11.9 Å². The number of hydrogen-bond donors (Lipinski definition) is 1. The Labute approximate surface area is 102 Å². The van der Waals surface area contributed by atoms with Gasteiger partial charge in [0, 0.05) is 0 Å². The maximum Gasteiger partial charge on any atom is 0.309 e. The predicted octanol–water partition coefficient (Wildman–Crippen LogP) is 2.61. The third kappa shape index (κ3) is 5.20. The van der Waals surface area contributed by atoms with Gasteiger partial charge in [-0.3, -0.25) is 9.59 Å². The minimum absolute atomic E-state index is 0.102. The maximum atomic E-state index is 11.7. The van der Waals surface area contributed by atoms with Crippen LogP contribution in [0.2, 0.25) is 0 Å². The molecule has 0 aromatic rings. The van der Waals surface area contributed by atoms with Crippen molar-refractivity contribution in [2.24, 2.45) is 11.8 Å². The quantitative estimate of drug-likeness (QED) is 0.727. The summed E-state index contributed by atoms with van der Waals surface area (Å²) < 4.78 is 4.94. The lowest BCUT2D eigenvalue weighted by atomic mass is 9.82. The zero-order chi connectivity index (χ0) is 12.7. The molecule has 1 aliphatic carbocycles. The first kappa shape index (κ1) is 14.0. The minimum Gasteiger partial charge on any atom is -0.481 e. The van der Waals surface area contributed by atoms with E-state index in [9.17, 15) is 9.59 Å². The Balaban J connectivity index is 2.49. The molecule has 0 aromatic carbocycles. The summed E-state index contributed by atoms with van der Waals surface area (Å²) in [6.45, 7) is 2.07. The lowest BCUT2D eigenvalue weighted by Gasteiger charge is -2.24. The number of aliphatic carboxylic acids is 1. The van der Waals surface area contributed by atoms with E-state index in [1.165, 1.54) is 19.3 Å². The number of hydrogen-bond acceptors (Lipinski definition) is 3. The fraction of sp³-hybridized carbons (Fsp3) is 0.846. The molecule has 0 aromatic heterocycles. The van der Waals surface area contributed by atoms with Gasteiger partial charge in [0.05, 0.1) is 18.9 Å². The molecular weight excluding hydrogens is 220 g/mol. The molecule has 1 fully saturated rings. The standard InChI is InChI=1S/C13H22O4/c1-2-17-13(16)11(9-12(14)15)8-10-6-4-3-5-7-10/h10-11H,2-9H2,1H3,(H,14,15). The smallest absolute Gasteiger partial charge is 0.309 e. The number of carbonyl (C=O) groups excluding carboxylic acids is 1. The van der Waals surface area contributed by atoms with Crippen molar-refractivity contribution in [2.75, 3.05) is 6.61 Å². The van der Waals surface area contributed by atoms with Gasteiger partial charge in [-0.2, -0.15) is 0 Å². The first-order valence-corrected chi connectivity index (χ1v) is 6.52. The Hall–Kier alpha value is -1.06. The normalized spacial score (nSPS) is 18.6. The number of carboxylic acids is 1.